The van der Waals surface area contributed by atoms with Crippen molar-refractivity contribution in [2.75, 3.05) is 46.4 Å². The number of rotatable bonds is 5. The van der Waals surface area contributed by atoms with Crippen LogP contribution in [-0.4, -0.2) is 73.3 Å². The van der Waals surface area contributed by atoms with Crippen molar-refractivity contribution in [3.8, 4) is 11.3 Å². The van der Waals surface area contributed by atoms with Gasteiger partial charge in [0.05, 0.1) is 12.1 Å². The molecular formula is C19H23ClN4O4. The van der Waals surface area contributed by atoms with Crippen molar-refractivity contribution in [1.82, 2.24) is 20.3 Å². The molecule has 0 bridgehead atoms. The van der Waals surface area contributed by atoms with E-state index in [-0.39, 0.29) is 12.0 Å². The first-order chi connectivity index (χ1) is 13.5. The van der Waals surface area contributed by atoms with E-state index in [2.05, 4.69) is 15.4 Å². The molecule has 1 fully saturated rings. The molecule has 28 heavy (non-hydrogen) atoms. The molecule has 2 amide bonds. The SMILES string of the molecule is COC(=O)N1CCN(CCNC(=O)c2c(-c3ccccc3Cl)noc2C)CC1. The number of nitrogens with zero attached hydrogens (tertiary/aromatic N) is 3. The van der Waals surface area contributed by atoms with Gasteiger partial charge in [-0.3, -0.25) is 9.69 Å². The summed E-state index contributed by atoms with van der Waals surface area (Å²) in [4.78, 5) is 28.1. The van der Waals surface area contributed by atoms with Gasteiger partial charge in [-0.2, -0.15) is 0 Å². The molecule has 1 aliphatic heterocycles. The van der Waals surface area contributed by atoms with Gasteiger partial charge in [0.1, 0.15) is 17.0 Å². The number of hydrogen-bond donors (Lipinski definition) is 1. The summed E-state index contributed by atoms with van der Waals surface area (Å²) < 4.78 is 9.97. The Balaban J connectivity index is 1.56. The lowest BCUT2D eigenvalue weighted by Gasteiger charge is -2.33. The van der Waals surface area contributed by atoms with Crippen LogP contribution in [0.3, 0.4) is 0 Å². The third-order valence-corrected chi connectivity index (χ3v) is 5.07. The van der Waals surface area contributed by atoms with E-state index in [4.69, 9.17) is 20.9 Å². The Morgan fingerprint density at radius 2 is 1.96 bits per heavy atom. The highest BCUT2D eigenvalue weighted by atomic mass is 35.5. The molecule has 0 spiro atoms. The molecule has 1 saturated heterocycles. The summed E-state index contributed by atoms with van der Waals surface area (Å²) in [5.74, 6) is 0.195. The van der Waals surface area contributed by atoms with Crippen molar-refractivity contribution >= 4 is 23.6 Å². The van der Waals surface area contributed by atoms with E-state index in [1.54, 1.807) is 24.0 Å². The summed E-state index contributed by atoms with van der Waals surface area (Å²) in [6.07, 6.45) is -0.303. The molecule has 1 aromatic heterocycles. The number of ether oxygens (including phenoxy) is 1. The molecule has 1 N–H and O–H groups in total. The van der Waals surface area contributed by atoms with Crippen molar-refractivity contribution in [3.63, 3.8) is 0 Å². The largest absolute Gasteiger partial charge is 0.453 e. The minimum absolute atomic E-state index is 0.248. The number of halogens is 1. The number of carbonyl (C=O) groups excluding carboxylic acids is 2. The second-order valence-corrected chi connectivity index (χ2v) is 6.90. The molecule has 0 saturated carbocycles. The molecule has 150 valence electrons. The van der Waals surface area contributed by atoms with Gasteiger partial charge in [-0.25, -0.2) is 4.79 Å². The Bertz CT molecular complexity index is 846. The summed E-state index contributed by atoms with van der Waals surface area (Å²) in [6.45, 7) is 5.57. The molecule has 2 aromatic rings. The van der Waals surface area contributed by atoms with Gasteiger partial charge in [0.25, 0.3) is 5.91 Å². The van der Waals surface area contributed by atoms with E-state index < -0.39 is 0 Å². The predicted octanol–water partition coefficient (Wildman–Crippen LogP) is 2.42. The van der Waals surface area contributed by atoms with Gasteiger partial charge in [-0.1, -0.05) is 35.0 Å². The Hall–Kier alpha value is -2.58. The van der Waals surface area contributed by atoms with E-state index in [1.165, 1.54) is 7.11 Å². The summed E-state index contributed by atoms with van der Waals surface area (Å²) in [7, 11) is 1.38. The van der Waals surface area contributed by atoms with Crippen LogP contribution in [-0.2, 0) is 4.74 Å². The average Bonchev–Trinajstić information content (AvgIpc) is 3.09. The van der Waals surface area contributed by atoms with E-state index in [0.29, 0.717) is 53.8 Å². The van der Waals surface area contributed by atoms with E-state index in [9.17, 15) is 9.59 Å². The highest BCUT2D eigenvalue weighted by molar-refractivity contribution is 6.33. The fourth-order valence-electron chi connectivity index (χ4n) is 3.18. The zero-order chi connectivity index (χ0) is 20.1. The minimum atomic E-state index is -0.303. The van der Waals surface area contributed by atoms with E-state index in [1.807, 2.05) is 12.1 Å². The van der Waals surface area contributed by atoms with Crippen LogP contribution >= 0.6 is 11.6 Å². The molecule has 1 aromatic carbocycles. The molecule has 2 heterocycles. The van der Waals surface area contributed by atoms with Crippen molar-refractivity contribution in [3.05, 3.63) is 40.6 Å². The standard InChI is InChI=1S/C19H23ClN4O4/c1-13-16(17(22-28-13)14-5-3-4-6-15(14)20)18(25)21-7-8-23-9-11-24(12-10-23)19(26)27-2/h3-6H,7-12H2,1-2H3,(H,21,25). The fraction of sp³-hybridized carbons (Fsp3) is 0.421. The van der Waals surface area contributed by atoms with Crippen LogP contribution in [0.25, 0.3) is 11.3 Å². The Kier molecular flexibility index (Phi) is 6.53. The monoisotopic (exact) mass is 406 g/mol. The summed E-state index contributed by atoms with van der Waals surface area (Å²) >= 11 is 6.24. The number of carbonyl (C=O) groups is 2. The lowest BCUT2D eigenvalue weighted by atomic mass is 10.1. The van der Waals surface area contributed by atoms with Crippen molar-refractivity contribution in [2.45, 2.75) is 6.92 Å². The van der Waals surface area contributed by atoms with Crippen LogP contribution in [0.2, 0.25) is 5.02 Å². The van der Waals surface area contributed by atoms with Crippen LogP contribution in [0.15, 0.2) is 28.8 Å². The van der Waals surface area contributed by atoms with Gasteiger partial charge >= 0.3 is 6.09 Å². The smallest absolute Gasteiger partial charge is 0.409 e. The van der Waals surface area contributed by atoms with Gasteiger partial charge in [-0.05, 0) is 13.0 Å². The number of amides is 2. The Labute approximate surface area is 168 Å². The number of nitrogens with one attached hydrogen (secondary N) is 1. The molecule has 0 atom stereocenters. The van der Waals surface area contributed by atoms with E-state index >= 15 is 0 Å². The number of hydrogen-bond acceptors (Lipinski definition) is 6. The first-order valence-corrected chi connectivity index (χ1v) is 9.43. The third-order valence-electron chi connectivity index (χ3n) is 4.74. The van der Waals surface area contributed by atoms with Gasteiger partial charge in [0.2, 0.25) is 0 Å². The van der Waals surface area contributed by atoms with Gasteiger partial charge < -0.3 is 19.5 Å². The zero-order valence-electron chi connectivity index (χ0n) is 15.9. The molecule has 0 unspecified atom stereocenters. The molecule has 1 aliphatic rings. The van der Waals surface area contributed by atoms with Crippen LogP contribution < -0.4 is 5.32 Å². The molecule has 9 heteroatoms. The lowest BCUT2D eigenvalue weighted by Crippen LogP contribution is -2.50. The van der Waals surface area contributed by atoms with Crippen molar-refractivity contribution in [1.29, 1.82) is 0 Å². The Morgan fingerprint density at radius 3 is 2.64 bits per heavy atom. The van der Waals surface area contributed by atoms with Crippen LogP contribution in [0.4, 0.5) is 4.79 Å². The first-order valence-electron chi connectivity index (χ1n) is 9.06. The van der Waals surface area contributed by atoms with Crippen molar-refractivity contribution < 1.29 is 18.8 Å². The Morgan fingerprint density at radius 1 is 1.25 bits per heavy atom. The molecule has 8 nitrogen and oxygen atoms in total. The first kappa shape index (κ1) is 20.2. The molecule has 0 radical (unpaired) electrons. The maximum atomic E-state index is 12.7. The lowest BCUT2D eigenvalue weighted by molar-refractivity contribution is 0.0884. The zero-order valence-corrected chi connectivity index (χ0v) is 16.7. The van der Waals surface area contributed by atoms with Gasteiger partial charge in [0, 0.05) is 44.8 Å². The van der Waals surface area contributed by atoms with Crippen LogP contribution in [0.5, 0.6) is 0 Å². The quantitative estimate of drug-likeness (QED) is 0.820. The molecule has 3 rings (SSSR count). The summed E-state index contributed by atoms with van der Waals surface area (Å²) in [5, 5.41) is 7.45. The normalized spacial score (nSPS) is 14.8. The molecular weight excluding hydrogens is 384 g/mol. The second kappa shape index (κ2) is 9.07. The average molecular weight is 407 g/mol. The number of methoxy groups -OCH3 is 1. The maximum absolute atomic E-state index is 12.7. The number of aryl methyl sites for hydroxylation is 1. The topological polar surface area (TPSA) is 87.9 Å². The van der Waals surface area contributed by atoms with Crippen LogP contribution in [0.1, 0.15) is 16.1 Å². The highest BCUT2D eigenvalue weighted by Gasteiger charge is 2.24. The van der Waals surface area contributed by atoms with Gasteiger partial charge in [-0.15, -0.1) is 0 Å². The number of benzene rings is 1. The van der Waals surface area contributed by atoms with Crippen molar-refractivity contribution in [2.24, 2.45) is 0 Å². The minimum Gasteiger partial charge on any atom is -0.453 e. The second-order valence-electron chi connectivity index (χ2n) is 6.50. The van der Waals surface area contributed by atoms with Gasteiger partial charge in [0.15, 0.2) is 0 Å². The summed E-state index contributed by atoms with van der Waals surface area (Å²) in [5.41, 5.74) is 1.49. The third kappa shape index (κ3) is 4.45. The highest BCUT2D eigenvalue weighted by Crippen LogP contribution is 2.30. The maximum Gasteiger partial charge on any atom is 0.409 e. The van der Waals surface area contributed by atoms with E-state index in [0.717, 1.165) is 13.1 Å². The molecule has 0 aliphatic carbocycles. The van der Waals surface area contributed by atoms with Crippen LogP contribution in [0, 0.1) is 6.92 Å². The predicted molar refractivity (Wildman–Crippen MR) is 104 cm³/mol. The number of piperazine rings is 1. The fourth-order valence-corrected chi connectivity index (χ4v) is 3.40. The number of aromatic nitrogens is 1. The summed E-state index contributed by atoms with van der Waals surface area (Å²) in [6, 6.07) is 7.20.